The fourth-order valence-electron chi connectivity index (χ4n) is 13.7. The van der Waals surface area contributed by atoms with Crippen LogP contribution in [0.1, 0.15) is 206 Å². The molecule has 0 spiro atoms. The lowest BCUT2D eigenvalue weighted by Gasteiger charge is -2.41. The largest absolute Gasteiger partial charge is 0.354 e. The number of likely N-dealkylation sites (tertiary alicyclic amines) is 6. The van der Waals surface area contributed by atoms with Gasteiger partial charge in [0.05, 0.1) is 98.6 Å². The number of H-pyrrole nitrogens is 6. The molecule has 0 aliphatic carbocycles. The summed E-state index contributed by atoms with van der Waals surface area (Å²) in [6.07, 6.45) is -24.2. The van der Waals surface area contributed by atoms with Crippen molar-refractivity contribution < 1.29 is 121 Å². The van der Waals surface area contributed by atoms with Gasteiger partial charge >= 0.3 is 35.4 Å². The lowest BCUT2D eigenvalue weighted by Crippen LogP contribution is -2.53. The smallest absolute Gasteiger partial charge is 0.302 e. The Morgan fingerprint density at radius 1 is 0.319 bits per heavy atom. The summed E-state index contributed by atoms with van der Waals surface area (Å²) in [6, 6.07) is -18.4. The molecule has 6 fully saturated rings. The number of piperidine rings is 6. The zero-order valence-corrected chi connectivity index (χ0v) is 78.5. The van der Waals surface area contributed by atoms with Crippen LogP contribution in [0, 0.1) is 116 Å². The molecule has 42 heteroatoms. The second-order valence-electron chi connectivity index (χ2n) is 30.8. The number of nitrogens with zero attached hydrogens (tertiary/aromatic N) is 30. The summed E-state index contributed by atoms with van der Waals surface area (Å²) in [5.41, 5.74) is 1.55. The van der Waals surface area contributed by atoms with E-state index in [0.717, 1.165) is 63.7 Å². The van der Waals surface area contributed by atoms with Crippen LogP contribution in [0.3, 0.4) is 0 Å². The third-order valence-corrected chi connectivity index (χ3v) is 20.5. The molecule has 18 heterocycles. The highest BCUT2D eigenvalue weighted by Crippen LogP contribution is 2.38. The Morgan fingerprint density at radius 2 is 0.556 bits per heavy atom. The lowest BCUT2D eigenvalue weighted by atomic mass is 9.92. The number of anilines is 6. The molecular weight excluding hydrogens is 1830 g/mol. The van der Waals surface area contributed by atoms with Crippen LogP contribution in [-0.4, -0.2) is 350 Å². The van der Waals surface area contributed by atoms with Gasteiger partial charge in [-0.25, -0.2) is 99.2 Å². The standard InChI is InChI=1S/6C17H22N6O/c6*1-11-5-6-23(15(24)8-18-3)9-14(11)22(4)17-13-7-12(2)21-16(13)19-10-20-17/h6*7,10-11,14H,5-6,8-9H2,1-2,4H3,(H,19,20,21)/t6*11-,14+/m111111/s1/i1D3,5D2,6D2,7D,9D2,10D,11D,14D;5D2,6D2,7D,9D2,10D,11D,14D;1D3,5D2,6D2,7D,9D2,10D,14D;1D3,5D2,6D2,7D,9D2,10D,11D;5D2,6D2,7D,9D2,10D,14D;4D3,5D2,6D2,7D,9D2,10D. The van der Waals surface area contributed by atoms with Crippen molar-refractivity contribution in [2.75, 3.05) is 189 Å². The van der Waals surface area contributed by atoms with Crippen LogP contribution < -0.4 is 29.4 Å². The number of aryl methyl sites for hydroxylation is 6. The molecule has 0 unspecified atom stereocenters. The van der Waals surface area contributed by atoms with Crippen molar-refractivity contribution in [3.8, 4) is 0 Å². The SMILES string of the molecule is [2H]c1nc(N(C)[C@@]2([2H])C([2H])([2H])N(C(=O)C[N+]#[C-])C([2H])([2H])C([2H])([2H])[C@@]2([2H])C([2H])([2H])[2H])c2c([2H])c(C)[nH]c2n1.[2H]c1nc(N(C)[C@@]2([2H])C([2H])([2H])N(C(=O)C[N+]#[C-])C([2H])([2H])C([2H])([2H])[C@@]2([2H])C)c2c([2H])c(C)[nH]c2n1.[2H]c1nc(N(C)[C@H]2C([2H])([2H])N(C(=O)C[N+]#[C-])C([2H])([2H])C([2H])([2H])[C@@]2([2H])C([2H])([2H])[2H])c2c([2H])c(C)[nH]c2n1.[2H]c1nc(N(C)[C@]2([2H])[C@H](C([2H])([2H])[2H])C([2H])([2H])C([2H])([2H])N(C(=O)C[N+]#[C-])C2([2H])[2H])c2c([2H])c(C)[nH]c2n1.[2H]c1nc(N(C)[C@]2([2H])[C@H](C)C([2H])([2H])C([2H])([2H])N(C(=O)C[N+]#[C-])C2([2H])[2H])c2c([2H])c(C)[nH]c2n1.[2H]c1nc(N([C@@H]2[C@H](C)C([2H])([2H])C([2H])([2H])N(C(=O)C[N+]#[C-])C2([2H])[2H])C([2H])([2H])[2H])c2c([2H])c(C)[nH]c2n1. The minimum absolute atomic E-state index is 0.00842. The summed E-state index contributed by atoms with van der Waals surface area (Å²) in [6.45, 7) is -8.10. The van der Waals surface area contributed by atoms with E-state index >= 15 is 0 Å². The number of amides is 6. The highest BCUT2D eigenvalue weighted by molar-refractivity contribution is 5.94. The van der Waals surface area contributed by atoms with Crippen LogP contribution in [0.15, 0.2) is 74.1 Å². The molecule has 0 aromatic carbocycles. The summed E-state index contributed by atoms with van der Waals surface area (Å²) in [7, 11) is 5.21. The molecule has 12 atom stereocenters. The minimum Gasteiger partial charge on any atom is -0.354 e. The second-order valence-corrected chi connectivity index (χ2v) is 30.8. The number of hydrogen-bond donors (Lipinski definition) is 6. The number of carbonyl (C=O) groups excluding carboxylic acids is 6. The molecule has 18 rings (SSSR count). The van der Waals surface area contributed by atoms with E-state index in [-0.39, 0.29) is 166 Å². The molecule has 0 saturated carbocycles. The fraction of sp³-hybridized carbons (Fsp3) is 0.529. The summed E-state index contributed by atoms with van der Waals surface area (Å²) in [5.74, 6) is -27.7. The Labute approximate surface area is 934 Å². The zero-order chi connectivity index (χ0) is 163. The molecule has 0 bridgehead atoms. The van der Waals surface area contributed by atoms with Crippen molar-refractivity contribution in [1.82, 2.24) is 119 Å². The Morgan fingerprint density at radius 3 is 0.854 bits per heavy atom. The van der Waals surface area contributed by atoms with Crippen molar-refractivity contribution in [1.29, 1.82) is 0 Å². The van der Waals surface area contributed by atoms with Gasteiger partial charge in [0.25, 0.3) is 39.3 Å². The average molecular weight is 2030 g/mol. The number of aromatic amines is 6. The molecule has 12 aromatic heterocycles. The first-order valence-electron chi connectivity index (χ1n) is 75.5. The van der Waals surface area contributed by atoms with Crippen LogP contribution in [0.25, 0.3) is 95.3 Å². The Balaban J connectivity index is 0.000000202. The highest BCUT2D eigenvalue weighted by atomic mass is 16.2. The molecule has 6 amide bonds. The van der Waals surface area contributed by atoms with E-state index in [1.165, 1.54) is 34.7 Å². The number of rotatable bonds is 18. The average Bonchev–Trinajstić information content (AvgIpc) is 1.08. The number of carbonyl (C=O) groups is 6. The quantitative estimate of drug-likeness (QED) is 0.0435. The summed E-state index contributed by atoms with van der Waals surface area (Å²) >= 11 is 0. The zero-order valence-electron chi connectivity index (χ0n) is 145. The van der Waals surface area contributed by atoms with E-state index in [0.29, 0.717) is 26.1 Å². The van der Waals surface area contributed by atoms with Crippen LogP contribution in [0.5, 0.6) is 0 Å². The summed E-state index contributed by atoms with van der Waals surface area (Å²) in [5, 5.41) is -0.532. The van der Waals surface area contributed by atoms with E-state index in [1.807, 2.05) is 0 Å². The number of fused-ring (bicyclic) bond motifs is 6. The van der Waals surface area contributed by atoms with Gasteiger partial charge in [-0.15, -0.1) is 0 Å². The van der Waals surface area contributed by atoms with E-state index in [1.54, 1.807) is 13.8 Å². The highest BCUT2D eigenvalue weighted by Gasteiger charge is 2.41. The van der Waals surface area contributed by atoms with Crippen molar-refractivity contribution in [3.63, 3.8) is 0 Å². The van der Waals surface area contributed by atoms with E-state index in [2.05, 4.69) is 119 Å². The Bertz CT molecular complexity index is 10400. The number of likely N-dealkylation sites (N-methyl/N-ethyl adjacent to an activating group) is 6. The second kappa shape index (κ2) is 47.7. The van der Waals surface area contributed by atoms with Gasteiger partial charge in [0, 0.05) is 208 Å². The van der Waals surface area contributed by atoms with Gasteiger partial charge in [-0.1, -0.05) is 41.3 Å². The third kappa shape index (κ3) is 24.5. The molecule has 12 aromatic rings. The van der Waals surface area contributed by atoms with Gasteiger partial charge in [0.2, 0.25) is 0 Å². The lowest BCUT2D eigenvalue weighted by molar-refractivity contribution is -0.131. The predicted molar refractivity (Wildman–Crippen MR) is 556 cm³/mol. The number of nitrogens with one attached hydrogen (secondary N) is 6. The molecule has 6 saturated heterocycles. The molecule has 6 aliphatic heterocycles. The third-order valence-electron chi connectivity index (χ3n) is 20.5. The van der Waals surface area contributed by atoms with Gasteiger partial charge < -0.3 is 118 Å². The molecular formula is C102H132N36O6. The van der Waals surface area contributed by atoms with Crippen molar-refractivity contribution in [2.45, 2.75) is 157 Å². The van der Waals surface area contributed by atoms with E-state index in [4.69, 9.17) is 127 Å². The summed E-state index contributed by atoms with van der Waals surface area (Å²) < 4.78 is 563. The summed E-state index contributed by atoms with van der Waals surface area (Å²) in [4.78, 5) is 159. The Kier molecular flexibility index (Phi) is 16.0. The first kappa shape index (κ1) is 48.4. The maximum atomic E-state index is 12.8. The number of hydrogen-bond acceptors (Lipinski definition) is 24. The van der Waals surface area contributed by atoms with Crippen LogP contribution in [0.2, 0.25) is 0 Å². The van der Waals surface area contributed by atoms with Crippen molar-refractivity contribution >= 4 is 137 Å². The van der Waals surface area contributed by atoms with Gasteiger partial charge in [-0.3, -0.25) is 28.8 Å². The molecule has 756 valence electrons. The maximum Gasteiger partial charge on any atom is 0.302 e. The van der Waals surface area contributed by atoms with Gasteiger partial charge in [-0.2, -0.15) is 0 Å². The van der Waals surface area contributed by atoms with Crippen LogP contribution in [-0.2, 0) is 28.8 Å². The molecule has 42 nitrogen and oxygen atoms in total. The van der Waals surface area contributed by atoms with Crippen molar-refractivity contribution in [2.24, 2.45) is 35.4 Å². The molecule has 6 aliphatic rings. The van der Waals surface area contributed by atoms with Gasteiger partial charge in [0.15, 0.2) is 0 Å². The first-order valence-corrected chi connectivity index (χ1v) is 42.0. The molecule has 144 heavy (non-hydrogen) atoms. The van der Waals surface area contributed by atoms with Crippen LogP contribution in [0.4, 0.5) is 34.9 Å². The minimum atomic E-state index is -3.96. The van der Waals surface area contributed by atoms with Crippen molar-refractivity contribution in [3.05, 3.63) is 177 Å². The van der Waals surface area contributed by atoms with Gasteiger partial charge in [0.1, 0.15) is 115 Å². The van der Waals surface area contributed by atoms with E-state index < -0.39 is 351 Å². The number of aromatic nitrogens is 18. The Hall–Kier alpha value is -15.7. The first-order chi connectivity index (χ1) is 95.0. The maximum absolute atomic E-state index is 12.8. The normalized spacial score (nSPS) is 37.9. The topological polar surface area (TPSA) is 417 Å². The fourth-order valence-corrected chi connectivity index (χ4v) is 13.7. The van der Waals surface area contributed by atoms with Crippen LogP contribution >= 0.6 is 0 Å². The predicted octanol–water partition coefficient (Wildman–Crippen LogP) is 11.2. The molecule has 6 N–H and O–H groups in total. The van der Waals surface area contributed by atoms with E-state index in [9.17, 15) is 32.9 Å². The van der Waals surface area contributed by atoms with Gasteiger partial charge in [-0.05, 0) is 151 Å². The molecule has 0 radical (unpaired) electrons. The monoisotopic (exact) mass is 2020 g/mol.